The summed E-state index contributed by atoms with van der Waals surface area (Å²) in [7, 11) is -3.60. The van der Waals surface area contributed by atoms with E-state index >= 15 is 0 Å². The van der Waals surface area contributed by atoms with Crippen LogP contribution in [0.5, 0.6) is 0 Å². The minimum atomic E-state index is -3.60. The summed E-state index contributed by atoms with van der Waals surface area (Å²) in [5.41, 5.74) is 1.31. The van der Waals surface area contributed by atoms with Crippen molar-refractivity contribution in [3.8, 4) is 0 Å². The van der Waals surface area contributed by atoms with Gasteiger partial charge < -0.3 is 0 Å². The average Bonchev–Trinajstić information content (AvgIpc) is 2.77. The Morgan fingerprint density at radius 2 is 2.18 bits per heavy atom. The molecule has 0 aliphatic heterocycles. The minimum Gasteiger partial charge on any atom is -0.284 e. The van der Waals surface area contributed by atoms with Gasteiger partial charge in [0.05, 0.1) is 11.9 Å². The van der Waals surface area contributed by atoms with Crippen molar-refractivity contribution in [3.05, 3.63) is 41.2 Å². The molecule has 0 amide bonds. The number of halogens is 1. The summed E-state index contributed by atoms with van der Waals surface area (Å²) in [6.07, 6.45) is 2.54. The van der Waals surface area contributed by atoms with Gasteiger partial charge in [-0.3, -0.25) is 9.82 Å². The first-order chi connectivity index (χ1) is 7.99. The number of aryl methyl sites for hydroxylation is 1. The van der Waals surface area contributed by atoms with Crippen molar-refractivity contribution < 1.29 is 8.42 Å². The first kappa shape index (κ1) is 11.9. The third kappa shape index (κ3) is 2.59. The van der Waals surface area contributed by atoms with Crippen molar-refractivity contribution in [1.29, 1.82) is 0 Å². The number of benzene rings is 1. The maximum atomic E-state index is 11.8. The van der Waals surface area contributed by atoms with Crippen LogP contribution in [0.1, 0.15) is 5.56 Å². The van der Waals surface area contributed by atoms with Crippen molar-refractivity contribution in [3.63, 3.8) is 0 Å². The Morgan fingerprint density at radius 3 is 2.76 bits per heavy atom. The number of nitrogens with zero attached hydrogens (tertiary/aromatic N) is 1. The van der Waals surface area contributed by atoms with E-state index in [1.54, 1.807) is 18.2 Å². The van der Waals surface area contributed by atoms with Crippen LogP contribution in [-0.2, 0) is 10.0 Å². The number of nitrogens with one attached hydrogen (secondary N) is 2. The van der Waals surface area contributed by atoms with E-state index in [4.69, 9.17) is 11.6 Å². The van der Waals surface area contributed by atoms with Crippen LogP contribution in [0.3, 0.4) is 0 Å². The van der Waals surface area contributed by atoms with Crippen molar-refractivity contribution in [2.24, 2.45) is 0 Å². The second-order valence-corrected chi connectivity index (χ2v) is 5.59. The van der Waals surface area contributed by atoms with Gasteiger partial charge in [0.2, 0.25) is 0 Å². The molecule has 2 rings (SSSR count). The molecule has 1 aromatic heterocycles. The Hall–Kier alpha value is -1.53. The highest BCUT2D eigenvalue weighted by Crippen LogP contribution is 2.22. The highest BCUT2D eigenvalue weighted by Gasteiger charge is 2.15. The normalized spacial score (nSPS) is 11.4. The number of H-pyrrole nitrogens is 1. The largest absolute Gasteiger partial charge is 0.284 e. The molecule has 1 aromatic carbocycles. The number of aromatic nitrogens is 2. The predicted octanol–water partition coefficient (Wildman–Crippen LogP) is 2.17. The summed E-state index contributed by atoms with van der Waals surface area (Å²) < 4.78 is 26.1. The molecule has 1 heterocycles. The third-order valence-electron chi connectivity index (χ3n) is 2.21. The molecule has 5 nitrogen and oxygen atoms in total. The Labute approximate surface area is 104 Å². The van der Waals surface area contributed by atoms with Crippen LogP contribution in [-0.4, -0.2) is 18.6 Å². The van der Waals surface area contributed by atoms with Crippen molar-refractivity contribution in [2.75, 3.05) is 4.72 Å². The van der Waals surface area contributed by atoms with Gasteiger partial charge in [0, 0.05) is 11.2 Å². The number of anilines is 1. The van der Waals surface area contributed by atoms with Gasteiger partial charge >= 0.3 is 0 Å². The summed E-state index contributed by atoms with van der Waals surface area (Å²) in [4.78, 5) is 0.0780. The average molecular weight is 272 g/mol. The van der Waals surface area contributed by atoms with Gasteiger partial charge in [-0.25, -0.2) is 8.42 Å². The maximum Gasteiger partial charge on any atom is 0.265 e. The van der Waals surface area contributed by atoms with Crippen LogP contribution in [0, 0.1) is 6.92 Å². The molecule has 0 aliphatic rings. The molecule has 90 valence electrons. The molecule has 2 N–H and O–H groups in total. The van der Waals surface area contributed by atoms with Crippen LogP contribution >= 0.6 is 11.6 Å². The zero-order valence-corrected chi connectivity index (χ0v) is 10.5. The lowest BCUT2D eigenvalue weighted by Crippen LogP contribution is -2.12. The van der Waals surface area contributed by atoms with Crippen LogP contribution in [0.25, 0.3) is 0 Å². The molecule has 0 fully saturated rings. The molecule has 7 heteroatoms. The third-order valence-corrected chi connectivity index (χ3v) is 3.96. The van der Waals surface area contributed by atoms with Crippen molar-refractivity contribution >= 4 is 27.3 Å². The smallest absolute Gasteiger partial charge is 0.265 e. The topological polar surface area (TPSA) is 74.8 Å². The van der Waals surface area contributed by atoms with Gasteiger partial charge in [-0.05, 0) is 24.6 Å². The molecule has 0 atom stereocenters. The summed E-state index contributed by atoms with van der Waals surface area (Å²) in [5, 5.41) is 6.55. The summed E-state index contributed by atoms with van der Waals surface area (Å²) >= 11 is 5.91. The van der Waals surface area contributed by atoms with Crippen molar-refractivity contribution in [2.45, 2.75) is 11.8 Å². The molecule has 0 saturated heterocycles. The minimum absolute atomic E-state index is 0.0780. The van der Waals surface area contributed by atoms with Crippen molar-refractivity contribution in [1.82, 2.24) is 10.2 Å². The van der Waals surface area contributed by atoms with E-state index in [0.717, 1.165) is 5.56 Å². The van der Waals surface area contributed by atoms with E-state index in [0.29, 0.717) is 10.7 Å². The molecule has 0 unspecified atom stereocenters. The second kappa shape index (κ2) is 4.38. The van der Waals surface area contributed by atoms with Crippen LogP contribution in [0.15, 0.2) is 35.5 Å². The van der Waals surface area contributed by atoms with E-state index in [-0.39, 0.29) is 4.90 Å². The number of sulfonamides is 1. The highest BCUT2D eigenvalue weighted by atomic mass is 35.5. The number of hydrogen-bond acceptors (Lipinski definition) is 3. The molecular formula is C10H10ClN3O2S. The molecule has 0 radical (unpaired) electrons. The van der Waals surface area contributed by atoms with Crippen LogP contribution in [0.4, 0.5) is 5.69 Å². The van der Waals surface area contributed by atoms with E-state index < -0.39 is 10.0 Å². The van der Waals surface area contributed by atoms with Crippen LogP contribution in [0.2, 0.25) is 5.02 Å². The summed E-state index contributed by atoms with van der Waals surface area (Å²) in [6.45, 7) is 1.84. The standard InChI is InChI=1S/C10H10ClN3O2S/c1-7-2-3-8(4-10(7)11)14-17(15,16)9-5-12-13-6-9/h2-6,14H,1H3,(H,12,13). The second-order valence-electron chi connectivity index (χ2n) is 3.50. The lowest BCUT2D eigenvalue weighted by atomic mass is 10.2. The molecule has 0 saturated carbocycles. The maximum absolute atomic E-state index is 11.8. The van der Waals surface area contributed by atoms with E-state index in [2.05, 4.69) is 14.9 Å². The molecule has 0 aliphatic carbocycles. The molecule has 0 spiro atoms. The van der Waals surface area contributed by atoms with Gasteiger partial charge in [0.1, 0.15) is 4.90 Å². The molecule has 2 aromatic rings. The first-order valence-corrected chi connectivity index (χ1v) is 6.63. The van der Waals surface area contributed by atoms with Crippen LogP contribution < -0.4 is 4.72 Å². The van der Waals surface area contributed by atoms with Gasteiger partial charge in [-0.15, -0.1) is 0 Å². The molecule has 0 bridgehead atoms. The van der Waals surface area contributed by atoms with Gasteiger partial charge in [0.25, 0.3) is 10.0 Å². The monoisotopic (exact) mass is 271 g/mol. The van der Waals surface area contributed by atoms with Gasteiger partial charge in [0.15, 0.2) is 0 Å². The van der Waals surface area contributed by atoms with Gasteiger partial charge in [-0.2, -0.15) is 5.10 Å². The fourth-order valence-electron chi connectivity index (χ4n) is 1.26. The Bertz CT molecular complexity index is 623. The fourth-order valence-corrected chi connectivity index (χ4v) is 2.39. The number of rotatable bonds is 3. The lowest BCUT2D eigenvalue weighted by molar-refractivity contribution is 0.601. The Kier molecular flexibility index (Phi) is 3.08. The summed E-state index contributed by atoms with van der Waals surface area (Å²) in [6, 6.07) is 4.96. The zero-order chi connectivity index (χ0) is 12.5. The number of aromatic amines is 1. The lowest BCUT2D eigenvalue weighted by Gasteiger charge is -2.07. The predicted molar refractivity (Wildman–Crippen MR) is 65.6 cm³/mol. The van der Waals surface area contributed by atoms with E-state index in [1.165, 1.54) is 12.4 Å². The fraction of sp³-hybridized carbons (Fsp3) is 0.100. The van der Waals surface area contributed by atoms with E-state index in [1.807, 2.05) is 6.92 Å². The Morgan fingerprint density at radius 1 is 1.41 bits per heavy atom. The SMILES string of the molecule is Cc1ccc(NS(=O)(=O)c2cn[nH]c2)cc1Cl. The summed E-state index contributed by atoms with van der Waals surface area (Å²) in [5.74, 6) is 0. The van der Waals surface area contributed by atoms with E-state index in [9.17, 15) is 8.42 Å². The quantitative estimate of drug-likeness (QED) is 0.898. The van der Waals surface area contributed by atoms with Gasteiger partial charge in [-0.1, -0.05) is 17.7 Å². The number of hydrogen-bond donors (Lipinski definition) is 2. The Balaban J connectivity index is 2.30. The zero-order valence-electron chi connectivity index (χ0n) is 8.94. The molecular weight excluding hydrogens is 262 g/mol. The first-order valence-electron chi connectivity index (χ1n) is 4.77. The molecule has 17 heavy (non-hydrogen) atoms. The highest BCUT2D eigenvalue weighted by molar-refractivity contribution is 7.92.